The summed E-state index contributed by atoms with van der Waals surface area (Å²) >= 11 is 1.31. The predicted molar refractivity (Wildman–Crippen MR) is 68.6 cm³/mol. The van der Waals surface area contributed by atoms with Crippen LogP contribution in [-0.2, 0) is 13.0 Å². The standard InChI is InChI=1S/C13H14N2O2S/c16-8-12-14-15-13(18-12)17-11-7-3-5-9-4-1-2-6-10(9)11/h1-2,4,6,11,16H,3,5,7-8H2. The molecule has 0 bridgehead atoms. The number of ether oxygens (including phenoxy) is 1. The molecule has 5 heteroatoms. The van der Waals surface area contributed by atoms with E-state index in [-0.39, 0.29) is 12.7 Å². The van der Waals surface area contributed by atoms with Crippen molar-refractivity contribution in [3.05, 3.63) is 40.4 Å². The van der Waals surface area contributed by atoms with E-state index in [1.807, 2.05) is 6.07 Å². The van der Waals surface area contributed by atoms with Gasteiger partial charge in [-0.05, 0) is 30.4 Å². The highest BCUT2D eigenvalue weighted by atomic mass is 32.1. The molecule has 94 valence electrons. The molecule has 1 heterocycles. The number of benzene rings is 1. The summed E-state index contributed by atoms with van der Waals surface area (Å²) < 4.78 is 5.90. The lowest BCUT2D eigenvalue weighted by Gasteiger charge is -2.24. The molecule has 0 fully saturated rings. The van der Waals surface area contributed by atoms with Gasteiger partial charge in [0.05, 0.1) is 6.61 Å². The zero-order chi connectivity index (χ0) is 12.4. The maximum atomic E-state index is 8.97. The summed E-state index contributed by atoms with van der Waals surface area (Å²) in [6.45, 7) is -0.0811. The molecule has 1 N–H and O–H groups in total. The van der Waals surface area contributed by atoms with E-state index in [1.54, 1.807) is 0 Å². The first-order chi connectivity index (χ1) is 8.86. The van der Waals surface area contributed by atoms with Gasteiger partial charge in [-0.1, -0.05) is 40.7 Å². The molecular formula is C13H14N2O2S. The van der Waals surface area contributed by atoms with Crippen LogP contribution in [0.4, 0.5) is 0 Å². The Morgan fingerprint density at radius 3 is 3.06 bits per heavy atom. The first-order valence-electron chi connectivity index (χ1n) is 6.04. The second-order valence-corrected chi connectivity index (χ2v) is 5.34. The third-order valence-electron chi connectivity index (χ3n) is 3.14. The van der Waals surface area contributed by atoms with Crippen LogP contribution >= 0.6 is 11.3 Å². The van der Waals surface area contributed by atoms with Crippen molar-refractivity contribution < 1.29 is 9.84 Å². The Balaban J connectivity index is 1.81. The van der Waals surface area contributed by atoms with E-state index in [2.05, 4.69) is 28.4 Å². The summed E-state index contributed by atoms with van der Waals surface area (Å²) in [7, 11) is 0. The molecule has 1 aliphatic rings. The Hall–Kier alpha value is -1.46. The van der Waals surface area contributed by atoms with Crippen LogP contribution in [-0.4, -0.2) is 15.3 Å². The number of aryl methyl sites for hydroxylation is 1. The topological polar surface area (TPSA) is 55.2 Å². The van der Waals surface area contributed by atoms with E-state index < -0.39 is 0 Å². The van der Waals surface area contributed by atoms with Crippen molar-refractivity contribution in [1.29, 1.82) is 0 Å². The molecule has 1 aromatic carbocycles. The third kappa shape index (κ3) is 2.23. The third-order valence-corrected chi connectivity index (χ3v) is 3.94. The fraction of sp³-hybridized carbons (Fsp3) is 0.385. The van der Waals surface area contributed by atoms with Crippen LogP contribution in [0.5, 0.6) is 5.19 Å². The molecule has 3 rings (SSSR count). The largest absolute Gasteiger partial charge is 0.461 e. The first kappa shape index (κ1) is 11.6. The molecule has 0 saturated heterocycles. The predicted octanol–water partition coefficient (Wildman–Crippen LogP) is 2.49. The summed E-state index contributed by atoms with van der Waals surface area (Å²) in [5, 5.41) is 17.9. The summed E-state index contributed by atoms with van der Waals surface area (Å²) in [5.41, 5.74) is 2.62. The summed E-state index contributed by atoms with van der Waals surface area (Å²) in [5.74, 6) is 0. The maximum Gasteiger partial charge on any atom is 0.294 e. The Kier molecular flexibility index (Phi) is 3.25. The van der Waals surface area contributed by atoms with Gasteiger partial charge in [-0.15, -0.1) is 5.10 Å². The van der Waals surface area contributed by atoms with E-state index in [9.17, 15) is 0 Å². The molecular weight excluding hydrogens is 248 g/mol. The molecule has 1 unspecified atom stereocenters. The normalized spacial score (nSPS) is 18.4. The van der Waals surface area contributed by atoms with Crippen molar-refractivity contribution in [3.63, 3.8) is 0 Å². The minimum Gasteiger partial charge on any atom is -0.461 e. The molecule has 0 amide bonds. The summed E-state index contributed by atoms with van der Waals surface area (Å²) in [6, 6.07) is 8.38. The SMILES string of the molecule is OCc1nnc(OC2CCCc3ccccc32)s1. The zero-order valence-corrected chi connectivity index (χ0v) is 10.7. The van der Waals surface area contributed by atoms with E-state index in [1.165, 1.54) is 22.5 Å². The van der Waals surface area contributed by atoms with E-state index in [4.69, 9.17) is 9.84 Å². The van der Waals surface area contributed by atoms with Gasteiger partial charge in [0, 0.05) is 0 Å². The lowest BCUT2D eigenvalue weighted by atomic mass is 9.89. The minimum absolute atomic E-state index is 0.0643. The quantitative estimate of drug-likeness (QED) is 0.923. The fourth-order valence-corrected chi connectivity index (χ4v) is 2.90. The molecule has 0 spiro atoms. The van der Waals surface area contributed by atoms with Crippen molar-refractivity contribution >= 4 is 11.3 Å². The smallest absolute Gasteiger partial charge is 0.294 e. The van der Waals surface area contributed by atoms with Crippen LogP contribution in [0.15, 0.2) is 24.3 Å². The van der Waals surface area contributed by atoms with E-state index >= 15 is 0 Å². The average Bonchev–Trinajstić information content (AvgIpc) is 2.87. The van der Waals surface area contributed by atoms with Gasteiger partial charge in [-0.2, -0.15) is 0 Å². The highest BCUT2D eigenvalue weighted by Crippen LogP contribution is 2.34. The van der Waals surface area contributed by atoms with Crippen LogP contribution in [0.3, 0.4) is 0 Å². The van der Waals surface area contributed by atoms with Crippen molar-refractivity contribution in [2.24, 2.45) is 0 Å². The molecule has 2 aromatic rings. The molecule has 0 saturated carbocycles. The van der Waals surface area contributed by atoms with Crippen molar-refractivity contribution in [1.82, 2.24) is 10.2 Å². The van der Waals surface area contributed by atoms with Crippen LogP contribution in [0.25, 0.3) is 0 Å². The monoisotopic (exact) mass is 262 g/mol. The molecule has 0 aliphatic heterocycles. The molecule has 1 aliphatic carbocycles. The number of fused-ring (bicyclic) bond motifs is 1. The number of hydrogen-bond acceptors (Lipinski definition) is 5. The van der Waals surface area contributed by atoms with Crippen LogP contribution < -0.4 is 4.74 Å². The molecule has 1 atom stereocenters. The number of aliphatic hydroxyl groups excluding tert-OH is 1. The van der Waals surface area contributed by atoms with Gasteiger partial charge in [0.2, 0.25) is 0 Å². The van der Waals surface area contributed by atoms with Gasteiger partial charge in [0.25, 0.3) is 5.19 Å². The molecule has 18 heavy (non-hydrogen) atoms. The van der Waals surface area contributed by atoms with Crippen molar-refractivity contribution in [2.45, 2.75) is 32.0 Å². The number of rotatable bonds is 3. The first-order valence-corrected chi connectivity index (χ1v) is 6.86. The Morgan fingerprint density at radius 2 is 2.22 bits per heavy atom. The van der Waals surface area contributed by atoms with Gasteiger partial charge >= 0.3 is 0 Å². The molecule has 0 radical (unpaired) electrons. The summed E-state index contributed by atoms with van der Waals surface area (Å²) in [4.78, 5) is 0. The van der Waals surface area contributed by atoms with Crippen molar-refractivity contribution in [2.75, 3.05) is 0 Å². The number of aromatic nitrogens is 2. The van der Waals surface area contributed by atoms with Crippen LogP contribution in [0.2, 0.25) is 0 Å². The fourth-order valence-electron chi connectivity index (χ4n) is 2.30. The van der Waals surface area contributed by atoms with Gasteiger partial charge < -0.3 is 9.84 Å². The Labute approximate surface area is 109 Å². The minimum atomic E-state index is -0.0811. The Bertz CT molecular complexity index is 541. The second kappa shape index (κ2) is 5.04. The van der Waals surface area contributed by atoms with Crippen LogP contribution in [0, 0.1) is 0 Å². The number of nitrogens with zero attached hydrogens (tertiary/aromatic N) is 2. The molecule has 1 aromatic heterocycles. The van der Waals surface area contributed by atoms with E-state index in [0.717, 1.165) is 19.3 Å². The number of aliphatic hydroxyl groups is 1. The Morgan fingerprint density at radius 1 is 1.33 bits per heavy atom. The van der Waals surface area contributed by atoms with Crippen LogP contribution in [0.1, 0.15) is 35.1 Å². The zero-order valence-electron chi connectivity index (χ0n) is 9.87. The molecule has 4 nitrogen and oxygen atoms in total. The van der Waals surface area contributed by atoms with E-state index in [0.29, 0.717) is 10.2 Å². The summed E-state index contributed by atoms with van der Waals surface area (Å²) in [6.07, 6.45) is 3.32. The maximum absolute atomic E-state index is 8.97. The lowest BCUT2D eigenvalue weighted by molar-refractivity contribution is 0.181. The second-order valence-electron chi connectivity index (χ2n) is 4.32. The van der Waals surface area contributed by atoms with Gasteiger partial charge in [-0.3, -0.25) is 0 Å². The number of hydrogen-bond donors (Lipinski definition) is 1. The lowest BCUT2D eigenvalue weighted by Crippen LogP contribution is -2.15. The highest BCUT2D eigenvalue weighted by molar-refractivity contribution is 7.13. The van der Waals surface area contributed by atoms with Crippen molar-refractivity contribution in [3.8, 4) is 5.19 Å². The average molecular weight is 262 g/mol. The van der Waals surface area contributed by atoms with Gasteiger partial charge in [0.1, 0.15) is 11.1 Å². The van der Waals surface area contributed by atoms with Gasteiger partial charge in [0.15, 0.2) is 0 Å². The highest BCUT2D eigenvalue weighted by Gasteiger charge is 2.22. The van der Waals surface area contributed by atoms with Gasteiger partial charge in [-0.25, -0.2) is 0 Å².